The highest BCUT2D eigenvalue weighted by Gasteiger charge is 2.29. The average molecular weight is 242 g/mol. The zero-order valence-electron chi connectivity index (χ0n) is 12.3. The molecular formula is C14H30N2O. The van der Waals surface area contributed by atoms with Crippen molar-refractivity contribution in [3.8, 4) is 0 Å². The predicted octanol–water partition coefficient (Wildman–Crippen LogP) is 1.98. The van der Waals surface area contributed by atoms with Crippen molar-refractivity contribution in [2.75, 3.05) is 39.8 Å². The Bertz CT molecular complexity index is 218. The standard InChI is InChI=1S/C14H30N2O/c1-6-15-10-14(3,4)11-16-8-7-12(2)13(9-16)17-5/h12-13,15H,6-11H2,1-5H3. The molecule has 3 nitrogen and oxygen atoms in total. The first-order valence-corrected chi connectivity index (χ1v) is 6.94. The lowest BCUT2D eigenvalue weighted by Crippen LogP contribution is -2.48. The van der Waals surface area contributed by atoms with Crippen LogP contribution in [0.15, 0.2) is 0 Å². The van der Waals surface area contributed by atoms with Crippen LogP contribution in [0.5, 0.6) is 0 Å². The molecule has 0 radical (unpaired) electrons. The highest BCUT2D eigenvalue weighted by molar-refractivity contribution is 4.83. The van der Waals surface area contributed by atoms with Gasteiger partial charge in [-0.25, -0.2) is 0 Å². The van der Waals surface area contributed by atoms with E-state index in [1.807, 2.05) is 7.11 Å². The Hall–Kier alpha value is -0.120. The summed E-state index contributed by atoms with van der Waals surface area (Å²) < 4.78 is 5.57. The molecule has 0 aromatic carbocycles. The van der Waals surface area contributed by atoms with Crippen molar-refractivity contribution in [3.05, 3.63) is 0 Å². The molecule has 0 aromatic heterocycles. The summed E-state index contributed by atoms with van der Waals surface area (Å²) in [5, 5.41) is 3.45. The zero-order chi connectivity index (χ0) is 12.9. The maximum absolute atomic E-state index is 5.57. The fourth-order valence-corrected chi connectivity index (χ4v) is 2.67. The molecule has 102 valence electrons. The summed E-state index contributed by atoms with van der Waals surface area (Å²) >= 11 is 0. The molecule has 2 unspecified atom stereocenters. The van der Waals surface area contributed by atoms with Crippen LogP contribution in [-0.4, -0.2) is 50.8 Å². The van der Waals surface area contributed by atoms with Crippen molar-refractivity contribution < 1.29 is 4.74 Å². The summed E-state index contributed by atoms with van der Waals surface area (Å²) in [5.41, 5.74) is 0.342. The minimum absolute atomic E-state index is 0.342. The van der Waals surface area contributed by atoms with E-state index >= 15 is 0 Å². The van der Waals surface area contributed by atoms with Gasteiger partial charge in [0.15, 0.2) is 0 Å². The molecule has 0 aliphatic carbocycles. The van der Waals surface area contributed by atoms with Crippen molar-refractivity contribution in [2.24, 2.45) is 11.3 Å². The van der Waals surface area contributed by atoms with Crippen LogP contribution in [0.4, 0.5) is 0 Å². The predicted molar refractivity (Wildman–Crippen MR) is 73.3 cm³/mol. The number of likely N-dealkylation sites (tertiary alicyclic amines) is 1. The third kappa shape index (κ3) is 4.94. The molecule has 17 heavy (non-hydrogen) atoms. The van der Waals surface area contributed by atoms with Crippen LogP contribution in [-0.2, 0) is 4.74 Å². The fraction of sp³-hybridized carbons (Fsp3) is 1.00. The second kappa shape index (κ2) is 6.72. The SMILES string of the molecule is CCNCC(C)(C)CN1CCC(C)C(OC)C1. The quantitative estimate of drug-likeness (QED) is 0.771. The monoisotopic (exact) mass is 242 g/mol. The minimum Gasteiger partial charge on any atom is -0.380 e. The lowest BCUT2D eigenvalue weighted by atomic mass is 9.89. The van der Waals surface area contributed by atoms with E-state index in [0.717, 1.165) is 26.2 Å². The van der Waals surface area contributed by atoms with Gasteiger partial charge in [0.1, 0.15) is 0 Å². The smallest absolute Gasteiger partial charge is 0.0724 e. The molecule has 0 amide bonds. The molecule has 0 aromatic rings. The topological polar surface area (TPSA) is 24.5 Å². The Morgan fingerprint density at radius 2 is 2.12 bits per heavy atom. The second-order valence-electron chi connectivity index (χ2n) is 6.22. The summed E-state index contributed by atoms with van der Waals surface area (Å²) in [4.78, 5) is 2.56. The summed E-state index contributed by atoms with van der Waals surface area (Å²) in [7, 11) is 1.84. The van der Waals surface area contributed by atoms with Crippen LogP contribution in [0.3, 0.4) is 0 Å². The van der Waals surface area contributed by atoms with Crippen molar-refractivity contribution in [1.82, 2.24) is 10.2 Å². The number of nitrogens with zero attached hydrogens (tertiary/aromatic N) is 1. The van der Waals surface area contributed by atoms with Gasteiger partial charge in [-0.3, -0.25) is 0 Å². The Morgan fingerprint density at radius 3 is 2.71 bits per heavy atom. The van der Waals surface area contributed by atoms with Crippen molar-refractivity contribution in [1.29, 1.82) is 0 Å². The molecular weight excluding hydrogens is 212 g/mol. The van der Waals surface area contributed by atoms with E-state index in [1.54, 1.807) is 0 Å². The van der Waals surface area contributed by atoms with Gasteiger partial charge in [-0.2, -0.15) is 0 Å². The Balaban J connectivity index is 2.40. The van der Waals surface area contributed by atoms with Gasteiger partial charge in [-0.05, 0) is 30.8 Å². The van der Waals surface area contributed by atoms with Gasteiger partial charge >= 0.3 is 0 Å². The lowest BCUT2D eigenvalue weighted by Gasteiger charge is -2.40. The van der Waals surface area contributed by atoms with E-state index in [4.69, 9.17) is 4.74 Å². The van der Waals surface area contributed by atoms with E-state index < -0.39 is 0 Å². The van der Waals surface area contributed by atoms with E-state index in [1.165, 1.54) is 13.0 Å². The van der Waals surface area contributed by atoms with Gasteiger partial charge < -0.3 is 15.0 Å². The van der Waals surface area contributed by atoms with E-state index in [9.17, 15) is 0 Å². The average Bonchev–Trinajstić information content (AvgIpc) is 2.29. The maximum atomic E-state index is 5.57. The number of hydrogen-bond acceptors (Lipinski definition) is 3. The number of rotatable bonds is 6. The molecule has 2 atom stereocenters. The summed E-state index contributed by atoms with van der Waals surface area (Å²) in [5.74, 6) is 0.702. The van der Waals surface area contributed by atoms with Crippen LogP contribution >= 0.6 is 0 Å². The van der Waals surface area contributed by atoms with Crippen molar-refractivity contribution >= 4 is 0 Å². The first kappa shape index (κ1) is 14.9. The first-order chi connectivity index (χ1) is 7.98. The van der Waals surface area contributed by atoms with Crippen LogP contribution in [0.1, 0.15) is 34.1 Å². The summed E-state index contributed by atoms with van der Waals surface area (Å²) in [6, 6.07) is 0. The van der Waals surface area contributed by atoms with E-state index in [-0.39, 0.29) is 0 Å². The second-order valence-corrected chi connectivity index (χ2v) is 6.22. The molecule has 1 fully saturated rings. The molecule has 0 spiro atoms. The molecule has 1 aliphatic rings. The molecule has 1 rings (SSSR count). The van der Waals surface area contributed by atoms with Gasteiger partial charge in [-0.15, -0.1) is 0 Å². The van der Waals surface area contributed by atoms with Gasteiger partial charge in [0.25, 0.3) is 0 Å². The number of ether oxygens (including phenoxy) is 1. The minimum atomic E-state index is 0.342. The Kier molecular flexibility index (Phi) is 5.90. The third-order valence-corrected chi connectivity index (χ3v) is 3.78. The van der Waals surface area contributed by atoms with Gasteiger partial charge in [0.2, 0.25) is 0 Å². The molecule has 0 bridgehead atoms. The molecule has 1 aliphatic heterocycles. The molecule has 1 heterocycles. The largest absolute Gasteiger partial charge is 0.380 e. The molecule has 0 saturated carbocycles. The van der Waals surface area contributed by atoms with E-state index in [2.05, 4.69) is 37.9 Å². The number of methoxy groups -OCH3 is 1. The van der Waals surface area contributed by atoms with Crippen molar-refractivity contribution in [2.45, 2.75) is 40.2 Å². The van der Waals surface area contributed by atoms with Crippen LogP contribution in [0, 0.1) is 11.3 Å². The highest BCUT2D eigenvalue weighted by atomic mass is 16.5. The fourth-order valence-electron chi connectivity index (χ4n) is 2.67. The van der Waals surface area contributed by atoms with Gasteiger partial charge in [-0.1, -0.05) is 27.7 Å². The lowest BCUT2D eigenvalue weighted by molar-refractivity contribution is -0.0148. The van der Waals surface area contributed by atoms with Gasteiger partial charge in [0, 0.05) is 26.7 Å². The molecule has 1 N–H and O–H groups in total. The zero-order valence-corrected chi connectivity index (χ0v) is 12.3. The Morgan fingerprint density at radius 1 is 1.41 bits per heavy atom. The molecule has 3 heteroatoms. The first-order valence-electron chi connectivity index (χ1n) is 6.94. The van der Waals surface area contributed by atoms with Crippen LogP contribution < -0.4 is 5.32 Å². The van der Waals surface area contributed by atoms with Gasteiger partial charge in [0.05, 0.1) is 6.10 Å². The van der Waals surface area contributed by atoms with E-state index in [0.29, 0.717) is 17.4 Å². The van der Waals surface area contributed by atoms with Crippen LogP contribution in [0.2, 0.25) is 0 Å². The van der Waals surface area contributed by atoms with Crippen molar-refractivity contribution in [3.63, 3.8) is 0 Å². The normalized spacial score (nSPS) is 27.4. The summed E-state index contributed by atoms with van der Waals surface area (Å²) in [6.07, 6.45) is 1.68. The number of nitrogens with one attached hydrogen (secondary N) is 1. The third-order valence-electron chi connectivity index (χ3n) is 3.78. The van der Waals surface area contributed by atoms with Crippen LogP contribution in [0.25, 0.3) is 0 Å². The Labute approximate surface area is 107 Å². The molecule has 1 saturated heterocycles. The highest BCUT2D eigenvalue weighted by Crippen LogP contribution is 2.23. The summed E-state index contributed by atoms with van der Waals surface area (Å²) in [6.45, 7) is 14.8. The maximum Gasteiger partial charge on any atom is 0.0724 e. The number of piperidine rings is 1. The number of hydrogen-bond donors (Lipinski definition) is 1.